The maximum Gasteiger partial charge on any atom is 0.326 e. The summed E-state index contributed by atoms with van der Waals surface area (Å²) in [5.74, 6) is -1.36. The van der Waals surface area contributed by atoms with Crippen molar-refractivity contribution in [1.82, 2.24) is 20.1 Å². The van der Waals surface area contributed by atoms with Crippen LogP contribution in [0.1, 0.15) is 78.7 Å². The normalized spacial score (nSPS) is 14.0. The van der Waals surface area contributed by atoms with Gasteiger partial charge >= 0.3 is 5.97 Å². The number of hydrogen-bond donors (Lipinski definition) is 2. The number of carbonyl (C=O) groups is 2. The van der Waals surface area contributed by atoms with Gasteiger partial charge in [-0.05, 0) is 68.7 Å². The van der Waals surface area contributed by atoms with Crippen LogP contribution in [0.4, 0.5) is 0 Å². The number of carboxylic acid groups (broad SMARTS) is 1. The lowest BCUT2D eigenvalue weighted by Gasteiger charge is -2.15. The van der Waals surface area contributed by atoms with Crippen LogP contribution in [0.15, 0.2) is 36.5 Å². The minimum Gasteiger partial charge on any atom is -0.480 e. The minimum absolute atomic E-state index is 0.368. The quantitative estimate of drug-likeness (QED) is 0.406. The zero-order chi connectivity index (χ0) is 23.9. The average Bonchev–Trinajstić information content (AvgIpc) is 3.22. The number of amides is 1. The molecule has 180 valence electrons. The number of aryl methyl sites for hydroxylation is 4. The number of pyridine rings is 1. The molecular formula is C27H34N4O3. The molecule has 0 saturated carbocycles. The molecule has 0 saturated heterocycles. The van der Waals surface area contributed by atoms with Crippen molar-refractivity contribution in [2.45, 2.75) is 76.7 Å². The van der Waals surface area contributed by atoms with Crippen molar-refractivity contribution >= 4 is 22.8 Å². The predicted molar refractivity (Wildman–Crippen MR) is 132 cm³/mol. The molecule has 34 heavy (non-hydrogen) atoms. The van der Waals surface area contributed by atoms with Gasteiger partial charge in [-0.3, -0.25) is 14.5 Å². The average molecular weight is 463 g/mol. The molecule has 7 nitrogen and oxygen atoms in total. The number of rotatable bonds is 11. The number of fused-ring (bicyclic) bond motifs is 2. The molecule has 0 aliphatic heterocycles. The van der Waals surface area contributed by atoms with Crippen molar-refractivity contribution in [1.29, 1.82) is 0 Å². The summed E-state index contributed by atoms with van der Waals surface area (Å²) in [7, 11) is 1.81. The fourth-order valence-electron chi connectivity index (χ4n) is 4.74. The number of nitrogens with one attached hydrogen (secondary N) is 1. The van der Waals surface area contributed by atoms with Gasteiger partial charge in [-0.1, -0.05) is 37.8 Å². The first-order chi connectivity index (χ1) is 16.5. The van der Waals surface area contributed by atoms with Crippen molar-refractivity contribution in [2.75, 3.05) is 0 Å². The van der Waals surface area contributed by atoms with E-state index in [-0.39, 0.29) is 5.91 Å². The lowest BCUT2D eigenvalue weighted by Crippen LogP contribution is -2.40. The second kappa shape index (κ2) is 11.3. The van der Waals surface area contributed by atoms with Gasteiger partial charge in [0, 0.05) is 29.4 Å². The molecule has 0 spiro atoms. The van der Waals surface area contributed by atoms with E-state index in [1.807, 2.05) is 13.1 Å². The topological polar surface area (TPSA) is 97.1 Å². The summed E-state index contributed by atoms with van der Waals surface area (Å²) in [5, 5.41) is 17.4. The standard InChI is InChI=1S/C27H34N4O3/c1-31-25-17-20(13-14-21(25)18-28-31)26(32)30-24(27(33)34)12-6-4-2-3-5-10-22-16-15-19-9-7-8-11-23(19)29-22/h13-18,24H,2-12H2,1H3,(H,30,32)(H,33,34). The molecule has 0 fully saturated rings. The Balaban J connectivity index is 1.17. The van der Waals surface area contributed by atoms with E-state index in [4.69, 9.17) is 4.98 Å². The van der Waals surface area contributed by atoms with E-state index in [0.717, 1.165) is 55.8 Å². The summed E-state index contributed by atoms with van der Waals surface area (Å²) in [6.45, 7) is 0. The highest BCUT2D eigenvalue weighted by Gasteiger charge is 2.20. The molecule has 1 aliphatic rings. The van der Waals surface area contributed by atoms with Crippen molar-refractivity contribution in [2.24, 2.45) is 7.05 Å². The third-order valence-corrected chi connectivity index (χ3v) is 6.78. The van der Waals surface area contributed by atoms with E-state index in [1.165, 1.54) is 36.2 Å². The van der Waals surface area contributed by atoms with Crippen LogP contribution in [0.3, 0.4) is 0 Å². The van der Waals surface area contributed by atoms with Crippen molar-refractivity contribution in [3.63, 3.8) is 0 Å². The highest BCUT2D eigenvalue weighted by Crippen LogP contribution is 2.20. The summed E-state index contributed by atoms with van der Waals surface area (Å²) in [6.07, 6.45) is 13.0. The maximum absolute atomic E-state index is 12.6. The number of carbonyl (C=O) groups excluding carboxylic acids is 1. The van der Waals surface area contributed by atoms with Gasteiger partial charge in [0.1, 0.15) is 6.04 Å². The SMILES string of the molecule is Cn1ncc2ccc(C(=O)NC(CCCCCCCc3ccc4c(n3)CCCC4)C(=O)O)cc21. The van der Waals surface area contributed by atoms with Crippen molar-refractivity contribution in [3.8, 4) is 0 Å². The molecule has 2 N–H and O–H groups in total. The molecule has 1 unspecified atom stereocenters. The number of aromatic nitrogens is 3. The van der Waals surface area contributed by atoms with Crippen LogP contribution in [0.2, 0.25) is 0 Å². The lowest BCUT2D eigenvalue weighted by molar-refractivity contribution is -0.139. The number of carboxylic acids is 1. The van der Waals surface area contributed by atoms with Crippen LogP contribution in [-0.2, 0) is 31.1 Å². The zero-order valence-electron chi connectivity index (χ0n) is 19.9. The molecule has 1 atom stereocenters. The number of nitrogens with zero attached hydrogens (tertiary/aromatic N) is 3. The number of benzene rings is 1. The van der Waals surface area contributed by atoms with E-state index in [0.29, 0.717) is 12.0 Å². The summed E-state index contributed by atoms with van der Waals surface area (Å²) in [5.41, 5.74) is 5.19. The Bertz CT molecular complexity index is 1150. The van der Waals surface area contributed by atoms with Crippen molar-refractivity contribution < 1.29 is 14.7 Å². The Morgan fingerprint density at radius 1 is 1.06 bits per heavy atom. The number of aliphatic carboxylic acids is 1. The van der Waals surface area contributed by atoms with E-state index >= 15 is 0 Å². The Morgan fingerprint density at radius 2 is 1.85 bits per heavy atom. The lowest BCUT2D eigenvalue weighted by atomic mass is 9.95. The summed E-state index contributed by atoms with van der Waals surface area (Å²) in [4.78, 5) is 29.2. The van der Waals surface area contributed by atoms with Crippen LogP contribution in [0, 0.1) is 0 Å². The monoisotopic (exact) mass is 462 g/mol. The highest BCUT2D eigenvalue weighted by atomic mass is 16.4. The third kappa shape index (κ3) is 6.01. The van der Waals surface area contributed by atoms with Gasteiger partial charge in [0.15, 0.2) is 0 Å². The van der Waals surface area contributed by atoms with Gasteiger partial charge in [-0.2, -0.15) is 5.10 Å². The van der Waals surface area contributed by atoms with E-state index in [1.54, 1.807) is 23.0 Å². The molecule has 3 aromatic rings. The van der Waals surface area contributed by atoms with Crippen LogP contribution in [0.25, 0.3) is 10.9 Å². The van der Waals surface area contributed by atoms with Crippen LogP contribution in [-0.4, -0.2) is 37.8 Å². The highest BCUT2D eigenvalue weighted by molar-refractivity contribution is 5.99. The Hall–Kier alpha value is -3.22. The molecular weight excluding hydrogens is 428 g/mol. The molecule has 1 aliphatic carbocycles. The van der Waals surface area contributed by atoms with Gasteiger partial charge < -0.3 is 10.4 Å². The second-order valence-electron chi connectivity index (χ2n) is 9.33. The second-order valence-corrected chi connectivity index (χ2v) is 9.33. The van der Waals surface area contributed by atoms with Crippen LogP contribution in [0.5, 0.6) is 0 Å². The van der Waals surface area contributed by atoms with Gasteiger partial charge in [0.25, 0.3) is 5.91 Å². The zero-order valence-corrected chi connectivity index (χ0v) is 19.9. The van der Waals surface area contributed by atoms with E-state index in [2.05, 4.69) is 22.5 Å². The van der Waals surface area contributed by atoms with E-state index < -0.39 is 12.0 Å². The first kappa shape index (κ1) is 23.9. The smallest absolute Gasteiger partial charge is 0.326 e. The number of hydrogen-bond acceptors (Lipinski definition) is 4. The predicted octanol–water partition coefficient (Wildman–Crippen LogP) is 4.61. The minimum atomic E-state index is -0.992. The molecule has 0 radical (unpaired) electrons. The van der Waals surface area contributed by atoms with Crippen LogP contribution >= 0.6 is 0 Å². The number of unbranched alkanes of at least 4 members (excludes halogenated alkanes) is 4. The van der Waals surface area contributed by atoms with Crippen molar-refractivity contribution in [3.05, 3.63) is 59.0 Å². The molecule has 4 rings (SSSR count). The first-order valence-electron chi connectivity index (χ1n) is 12.4. The molecule has 2 aromatic heterocycles. The summed E-state index contributed by atoms with van der Waals surface area (Å²) >= 11 is 0. The summed E-state index contributed by atoms with van der Waals surface area (Å²) in [6, 6.07) is 8.83. The molecule has 1 aromatic carbocycles. The fourth-order valence-corrected chi connectivity index (χ4v) is 4.74. The molecule has 0 bridgehead atoms. The Morgan fingerprint density at radius 3 is 2.71 bits per heavy atom. The summed E-state index contributed by atoms with van der Waals surface area (Å²) < 4.78 is 1.70. The third-order valence-electron chi connectivity index (χ3n) is 6.78. The fraction of sp³-hybridized carbons (Fsp3) is 0.481. The molecule has 2 heterocycles. The van der Waals surface area contributed by atoms with Gasteiger partial charge in [-0.25, -0.2) is 4.79 Å². The van der Waals surface area contributed by atoms with Gasteiger partial charge in [0.2, 0.25) is 0 Å². The Labute approximate surface area is 200 Å². The van der Waals surface area contributed by atoms with Crippen LogP contribution < -0.4 is 5.32 Å². The maximum atomic E-state index is 12.6. The van der Waals surface area contributed by atoms with Gasteiger partial charge in [-0.15, -0.1) is 0 Å². The molecule has 7 heteroatoms. The largest absolute Gasteiger partial charge is 0.480 e. The first-order valence-corrected chi connectivity index (χ1v) is 12.4. The van der Waals surface area contributed by atoms with Gasteiger partial charge in [0.05, 0.1) is 11.7 Å². The molecule has 1 amide bonds. The Kier molecular flexibility index (Phi) is 7.93. The van der Waals surface area contributed by atoms with E-state index in [9.17, 15) is 14.7 Å².